The van der Waals surface area contributed by atoms with E-state index in [0.717, 1.165) is 27.4 Å². The van der Waals surface area contributed by atoms with Crippen molar-refractivity contribution in [1.29, 1.82) is 0 Å². The van der Waals surface area contributed by atoms with Crippen LogP contribution in [0.3, 0.4) is 0 Å². The van der Waals surface area contributed by atoms with Crippen molar-refractivity contribution in [2.45, 2.75) is 0 Å². The Hall–Kier alpha value is -3.58. The van der Waals surface area contributed by atoms with Crippen LogP contribution in [0.2, 0.25) is 5.02 Å². The first-order valence-electron chi connectivity index (χ1n) is 9.22. The molecule has 7 nitrogen and oxygen atoms in total. The summed E-state index contributed by atoms with van der Waals surface area (Å²) in [6, 6.07) is 11.2. The molecule has 150 valence electrons. The molecule has 8 heteroatoms. The van der Waals surface area contributed by atoms with E-state index < -0.39 is 0 Å². The number of ketones is 1. The number of rotatable bonds is 4. The third-order valence-corrected chi connectivity index (χ3v) is 5.49. The highest BCUT2D eigenvalue weighted by atomic mass is 35.5. The van der Waals surface area contributed by atoms with Crippen LogP contribution in [0.4, 0.5) is 0 Å². The summed E-state index contributed by atoms with van der Waals surface area (Å²) in [5, 5.41) is 6.31. The predicted molar refractivity (Wildman–Crippen MR) is 114 cm³/mol. The zero-order chi connectivity index (χ0) is 21.0. The quantitative estimate of drug-likeness (QED) is 0.397. The number of carbonyl (C=O) groups excluding carboxylic acids is 1. The zero-order valence-corrected chi connectivity index (χ0v) is 17.3. The van der Waals surface area contributed by atoms with E-state index in [4.69, 9.17) is 20.9 Å². The lowest BCUT2D eigenvalue weighted by atomic mass is 10.1. The van der Waals surface area contributed by atoms with E-state index in [1.807, 2.05) is 65.8 Å². The molecule has 0 fully saturated rings. The van der Waals surface area contributed by atoms with E-state index in [2.05, 4.69) is 10.1 Å². The van der Waals surface area contributed by atoms with Crippen LogP contribution in [0.15, 0.2) is 53.3 Å². The lowest BCUT2D eigenvalue weighted by Gasteiger charge is -2.01. The topological polar surface area (TPSA) is 75.1 Å². The maximum atomic E-state index is 13.2. The Kier molecular flexibility index (Phi) is 4.15. The van der Waals surface area contributed by atoms with Crippen molar-refractivity contribution in [1.82, 2.24) is 19.3 Å². The summed E-state index contributed by atoms with van der Waals surface area (Å²) in [5.74, 6) is 0.593. The number of hydrogen-bond acceptors (Lipinski definition) is 5. The van der Waals surface area contributed by atoms with Crippen LogP contribution in [-0.4, -0.2) is 32.2 Å². The molecule has 0 atom stereocenters. The molecule has 0 aliphatic rings. The van der Waals surface area contributed by atoms with Crippen LogP contribution in [0.1, 0.15) is 16.2 Å². The van der Waals surface area contributed by atoms with Crippen LogP contribution >= 0.6 is 11.6 Å². The lowest BCUT2D eigenvalue weighted by Crippen LogP contribution is -2.01. The molecular formula is C22H17ClN4O3. The van der Waals surface area contributed by atoms with Gasteiger partial charge in [0.1, 0.15) is 5.75 Å². The summed E-state index contributed by atoms with van der Waals surface area (Å²) in [6.07, 6.45) is 3.65. The van der Waals surface area contributed by atoms with Gasteiger partial charge < -0.3 is 18.4 Å². The second-order valence-electron chi connectivity index (χ2n) is 7.10. The number of aryl methyl sites for hydroxylation is 2. The number of nitrogens with zero attached hydrogens (tertiary/aromatic N) is 4. The molecule has 5 rings (SSSR count). The molecule has 3 aromatic heterocycles. The normalized spacial score (nSPS) is 11.5. The van der Waals surface area contributed by atoms with E-state index in [-0.39, 0.29) is 11.7 Å². The Morgan fingerprint density at radius 1 is 1.03 bits per heavy atom. The average Bonchev–Trinajstić information content (AvgIpc) is 3.44. The van der Waals surface area contributed by atoms with Gasteiger partial charge >= 0.3 is 0 Å². The summed E-state index contributed by atoms with van der Waals surface area (Å²) in [5.41, 5.74) is 3.11. The molecule has 0 amide bonds. The lowest BCUT2D eigenvalue weighted by molar-refractivity contribution is 0.0995. The molecule has 0 saturated carbocycles. The first-order valence-corrected chi connectivity index (χ1v) is 9.60. The molecule has 30 heavy (non-hydrogen) atoms. The third-order valence-electron chi connectivity index (χ3n) is 5.25. The minimum Gasteiger partial charge on any atom is -0.497 e. The molecule has 0 bridgehead atoms. The smallest absolute Gasteiger partial charge is 0.299 e. The van der Waals surface area contributed by atoms with E-state index >= 15 is 0 Å². The fraction of sp³-hybridized carbons (Fsp3) is 0.136. The van der Waals surface area contributed by atoms with E-state index in [9.17, 15) is 4.79 Å². The van der Waals surface area contributed by atoms with Gasteiger partial charge in [0.25, 0.3) is 11.7 Å². The third kappa shape index (κ3) is 2.78. The number of ether oxygens (including phenoxy) is 1. The average molecular weight is 421 g/mol. The van der Waals surface area contributed by atoms with Crippen LogP contribution in [-0.2, 0) is 14.1 Å². The first-order chi connectivity index (χ1) is 14.5. The number of carbonyl (C=O) groups is 1. The minimum absolute atomic E-state index is 0.0700. The zero-order valence-electron chi connectivity index (χ0n) is 16.5. The summed E-state index contributed by atoms with van der Waals surface area (Å²) < 4.78 is 14.5. The Morgan fingerprint density at radius 2 is 1.77 bits per heavy atom. The van der Waals surface area contributed by atoms with Gasteiger partial charge in [-0.1, -0.05) is 16.8 Å². The van der Waals surface area contributed by atoms with Gasteiger partial charge in [0.05, 0.1) is 12.7 Å². The fourth-order valence-electron chi connectivity index (χ4n) is 3.76. The number of aromatic nitrogens is 4. The Morgan fingerprint density at radius 3 is 2.57 bits per heavy atom. The van der Waals surface area contributed by atoms with Crippen molar-refractivity contribution in [3.63, 3.8) is 0 Å². The molecule has 2 aromatic carbocycles. The van der Waals surface area contributed by atoms with E-state index in [0.29, 0.717) is 22.2 Å². The van der Waals surface area contributed by atoms with Crippen molar-refractivity contribution in [3.8, 4) is 17.1 Å². The van der Waals surface area contributed by atoms with E-state index in [1.165, 1.54) is 0 Å². The SMILES string of the molecule is COc1ccc2c(c1)c(C(=O)c1nc(-c3cn(C)c4ccc(Cl)cc34)no1)cn2C. The van der Waals surface area contributed by atoms with Crippen molar-refractivity contribution >= 4 is 39.2 Å². The molecule has 0 unspecified atom stereocenters. The summed E-state index contributed by atoms with van der Waals surface area (Å²) in [7, 11) is 5.40. The highest BCUT2D eigenvalue weighted by Gasteiger charge is 2.23. The second-order valence-corrected chi connectivity index (χ2v) is 7.54. The molecule has 0 spiro atoms. The molecule has 0 N–H and O–H groups in total. The Labute approximate surface area is 176 Å². The Bertz CT molecular complexity index is 1440. The molecule has 0 radical (unpaired) electrons. The largest absolute Gasteiger partial charge is 0.497 e. The number of fused-ring (bicyclic) bond motifs is 2. The number of hydrogen-bond donors (Lipinski definition) is 0. The van der Waals surface area contributed by atoms with Gasteiger partial charge in [0, 0.05) is 58.9 Å². The maximum absolute atomic E-state index is 13.2. The van der Waals surface area contributed by atoms with Crippen LogP contribution in [0.5, 0.6) is 5.75 Å². The molecule has 0 saturated heterocycles. The molecule has 3 heterocycles. The van der Waals surface area contributed by atoms with Crippen LogP contribution < -0.4 is 4.74 Å². The van der Waals surface area contributed by atoms with Crippen molar-refractivity contribution in [2.75, 3.05) is 7.11 Å². The fourth-order valence-corrected chi connectivity index (χ4v) is 3.93. The second kappa shape index (κ2) is 6.74. The van der Waals surface area contributed by atoms with Crippen molar-refractivity contribution < 1.29 is 14.1 Å². The van der Waals surface area contributed by atoms with Gasteiger partial charge in [-0.25, -0.2) is 0 Å². The number of benzene rings is 2. The van der Waals surface area contributed by atoms with Crippen molar-refractivity contribution in [2.24, 2.45) is 14.1 Å². The van der Waals surface area contributed by atoms with Crippen molar-refractivity contribution in [3.05, 3.63) is 65.3 Å². The first kappa shape index (κ1) is 18.4. The highest BCUT2D eigenvalue weighted by molar-refractivity contribution is 6.31. The number of methoxy groups -OCH3 is 1. The van der Waals surface area contributed by atoms with Gasteiger partial charge in [-0.3, -0.25) is 4.79 Å². The maximum Gasteiger partial charge on any atom is 0.299 e. The van der Waals surface area contributed by atoms with Crippen LogP contribution in [0, 0.1) is 0 Å². The molecule has 0 aliphatic carbocycles. The highest BCUT2D eigenvalue weighted by Crippen LogP contribution is 2.31. The Balaban J connectivity index is 1.59. The molecule has 0 aliphatic heterocycles. The van der Waals surface area contributed by atoms with Gasteiger partial charge in [-0.15, -0.1) is 0 Å². The monoisotopic (exact) mass is 420 g/mol. The summed E-state index contributed by atoms with van der Waals surface area (Å²) >= 11 is 6.17. The molecular weight excluding hydrogens is 404 g/mol. The predicted octanol–water partition coefficient (Wildman–Crippen LogP) is 4.61. The van der Waals surface area contributed by atoms with Gasteiger partial charge in [-0.05, 0) is 36.4 Å². The van der Waals surface area contributed by atoms with Gasteiger partial charge in [-0.2, -0.15) is 4.98 Å². The minimum atomic E-state index is -0.342. The standard InChI is InChI=1S/C22H17ClN4O3/c1-26-10-16(15-9-13(29-3)5-7-19(15)26)20(28)22-24-21(25-30-22)17-11-27(2)18-6-4-12(23)8-14(17)18/h4-11H,1-3H3. The summed E-state index contributed by atoms with van der Waals surface area (Å²) in [4.78, 5) is 17.5. The van der Waals surface area contributed by atoms with Crippen LogP contribution in [0.25, 0.3) is 33.2 Å². The summed E-state index contributed by atoms with van der Waals surface area (Å²) in [6.45, 7) is 0. The van der Waals surface area contributed by atoms with Gasteiger partial charge in [0.2, 0.25) is 5.82 Å². The van der Waals surface area contributed by atoms with E-state index in [1.54, 1.807) is 13.3 Å². The number of halogens is 1. The molecule has 5 aromatic rings. The van der Waals surface area contributed by atoms with Gasteiger partial charge in [0.15, 0.2) is 0 Å².